The van der Waals surface area contributed by atoms with Crippen molar-refractivity contribution in [3.63, 3.8) is 0 Å². The van der Waals surface area contributed by atoms with Crippen LogP contribution in [0.3, 0.4) is 0 Å². The van der Waals surface area contributed by atoms with Crippen molar-refractivity contribution in [3.05, 3.63) is 58.1 Å². The molecule has 1 atom stereocenters. The third-order valence-corrected chi connectivity index (χ3v) is 6.86. The Bertz CT molecular complexity index is 1260. The van der Waals surface area contributed by atoms with E-state index < -0.39 is 45.5 Å². The topological polar surface area (TPSA) is 170 Å². The summed E-state index contributed by atoms with van der Waals surface area (Å²) in [6.07, 6.45) is -5.55. The summed E-state index contributed by atoms with van der Waals surface area (Å²) < 4.78 is 74.8. The Morgan fingerprint density at radius 2 is 1.74 bits per heavy atom. The van der Waals surface area contributed by atoms with Crippen LogP contribution in [-0.2, 0) is 35.6 Å². The molecule has 5 N–H and O–H groups in total. The predicted octanol–water partition coefficient (Wildman–Crippen LogP) is 2.70. The Kier molecular flexibility index (Phi) is 11.1. The number of carbonyl (C=O) groups excluding carboxylic acids is 2. The summed E-state index contributed by atoms with van der Waals surface area (Å²) in [5, 5.41) is 6.43. The molecule has 2 aromatic rings. The van der Waals surface area contributed by atoms with Crippen LogP contribution in [0.5, 0.6) is 5.75 Å². The minimum atomic E-state index is -5.48. The summed E-state index contributed by atoms with van der Waals surface area (Å²) >= 11 is 11.8. The Balaban J connectivity index is 2.15. The molecule has 0 aliphatic rings. The molecule has 2 rings (SSSR count). The van der Waals surface area contributed by atoms with Crippen molar-refractivity contribution in [1.82, 2.24) is 10.2 Å². The van der Waals surface area contributed by atoms with Gasteiger partial charge in [0.05, 0.1) is 23.3 Å². The van der Waals surface area contributed by atoms with Gasteiger partial charge in [0.25, 0.3) is 0 Å². The molecule has 0 aromatic heterocycles. The van der Waals surface area contributed by atoms with Crippen molar-refractivity contribution in [2.45, 2.75) is 30.0 Å². The highest BCUT2D eigenvalue weighted by Crippen LogP contribution is 2.29. The number of esters is 2. The van der Waals surface area contributed by atoms with E-state index >= 15 is 0 Å². The van der Waals surface area contributed by atoms with Gasteiger partial charge in [-0.05, 0) is 36.2 Å². The second kappa shape index (κ2) is 13.6. The molecule has 0 saturated heterocycles. The number of hydroxylamine groups is 1. The van der Waals surface area contributed by atoms with Gasteiger partial charge in [-0.1, -0.05) is 41.4 Å². The number of hydrogen-bond acceptors (Lipinski definition) is 8. The molecule has 17 heteroatoms. The summed E-state index contributed by atoms with van der Waals surface area (Å²) in [5.41, 5.74) is 7.49. The highest BCUT2D eigenvalue weighted by molar-refractivity contribution is 7.89. The average Bonchev–Trinajstić information content (AvgIpc) is 2.82. The maximum absolute atomic E-state index is 12.9. The lowest BCUT2D eigenvalue weighted by Gasteiger charge is -2.18. The third kappa shape index (κ3) is 9.64. The molecule has 0 amide bonds. The first-order chi connectivity index (χ1) is 17.7. The number of alkyl halides is 3. The van der Waals surface area contributed by atoms with Gasteiger partial charge in [0.15, 0.2) is 0 Å². The normalized spacial score (nSPS) is 12.4. The Hall–Kier alpha value is -3.11. The molecule has 0 aliphatic carbocycles. The molecule has 0 bridgehead atoms. The number of guanidine groups is 1. The van der Waals surface area contributed by atoms with E-state index in [9.17, 15) is 31.2 Å². The molecule has 0 fully saturated rings. The van der Waals surface area contributed by atoms with Crippen molar-refractivity contribution >= 4 is 51.1 Å². The van der Waals surface area contributed by atoms with Gasteiger partial charge < -0.3 is 15.2 Å². The Morgan fingerprint density at radius 1 is 1.08 bits per heavy atom. The van der Waals surface area contributed by atoms with Crippen LogP contribution in [-0.4, -0.2) is 51.7 Å². The number of carbonyl (C=O) groups is 2. The summed E-state index contributed by atoms with van der Waals surface area (Å²) in [5.74, 6) is -4.57. The first-order valence-corrected chi connectivity index (χ1v) is 12.7. The number of hydrogen-bond donors (Lipinski definition) is 4. The van der Waals surface area contributed by atoms with E-state index in [1.807, 2.05) is 4.72 Å². The van der Waals surface area contributed by atoms with Gasteiger partial charge in [-0.15, -0.1) is 0 Å². The highest BCUT2D eigenvalue weighted by atomic mass is 35.5. The lowest BCUT2D eigenvalue weighted by molar-refractivity contribution is -0.202. The SMILES string of the molecule is N=C(N)NOCCCOc1ccc(C[C@H](NS(=O)(=O)c2cccc(Cl)c2Cl)C(=O)OC(=O)C(F)(F)F)cc1. The number of benzene rings is 2. The minimum absolute atomic E-state index is 0.127. The van der Waals surface area contributed by atoms with Crippen molar-refractivity contribution in [2.75, 3.05) is 13.2 Å². The molecular formula is C21H21Cl2F3N4O7S. The molecule has 0 spiro atoms. The van der Waals surface area contributed by atoms with E-state index in [1.165, 1.54) is 36.4 Å². The van der Waals surface area contributed by atoms with Crippen LogP contribution in [0.15, 0.2) is 47.4 Å². The van der Waals surface area contributed by atoms with Crippen molar-refractivity contribution in [2.24, 2.45) is 5.73 Å². The molecule has 38 heavy (non-hydrogen) atoms. The van der Waals surface area contributed by atoms with E-state index in [0.29, 0.717) is 12.2 Å². The Labute approximate surface area is 224 Å². The number of rotatable bonds is 12. The smallest absolute Gasteiger partial charge is 0.491 e. The van der Waals surface area contributed by atoms with Crippen LogP contribution in [0.25, 0.3) is 0 Å². The van der Waals surface area contributed by atoms with E-state index in [-0.39, 0.29) is 34.8 Å². The quantitative estimate of drug-likeness (QED) is 0.0714. The number of nitrogens with one attached hydrogen (secondary N) is 3. The number of nitrogens with two attached hydrogens (primary N) is 1. The fourth-order valence-electron chi connectivity index (χ4n) is 2.74. The van der Waals surface area contributed by atoms with Crippen LogP contribution >= 0.6 is 23.2 Å². The van der Waals surface area contributed by atoms with Gasteiger partial charge in [-0.2, -0.15) is 17.9 Å². The number of ether oxygens (including phenoxy) is 2. The second-order valence-electron chi connectivity index (χ2n) is 7.35. The van der Waals surface area contributed by atoms with Crippen molar-refractivity contribution in [3.8, 4) is 5.75 Å². The highest BCUT2D eigenvalue weighted by Gasteiger charge is 2.44. The summed E-state index contributed by atoms with van der Waals surface area (Å²) in [6.45, 7) is 0.405. The lowest BCUT2D eigenvalue weighted by atomic mass is 10.1. The number of halogens is 5. The van der Waals surface area contributed by atoms with Gasteiger partial charge in [-0.25, -0.2) is 23.5 Å². The molecule has 0 unspecified atom stereocenters. The lowest BCUT2D eigenvalue weighted by Crippen LogP contribution is -2.45. The second-order valence-corrected chi connectivity index (χ2v) is 9.81. The zero-order valence-corrected chi connectivity index (χ0v) is 21.5. The van der Waals surface area contributed by atoms with Crippen LogP contribution in [0.4, 0.5) is 13.2 Å². The maximum atomic E-state index is 12.9. The number of sulfonamides is 1. The maximum Gasteiger partial charge on any atom is 0.491 e. The largest absolute Gasteiger partial charge is 0.494 e. The molecule has 0 radical (unpaired) electrons. The fourth-order valence-corrected chi connectivity index (χ4v) is 4.69. The average molecular weight is 601 g/mol. The van der Waals surface area contributed by atoms with Gasteiger partial charge >= 0.3 is 18.1 Å². The molecule has 2 aromatic carbocycles. The van der Waals surface area contributed by atoms with Gasteiger partial charge in [0.1, 0.15) is 16.7 Å². The first-order valence-electron chi connectivity index (χ1n) is 10.4. The van der Waals surface area contributed by atoms with Crippen LogP contribution in [0, 0.1) is 5.41 Å². The zero-order valence-electron chi connectivity index (χ0n) is 19.2. The monoisotopic (exact) mass is 600 g/mol. The zero-order chi connectivity index (χ0) is 28.5. The van der Waals surface area contributed by atoms with Gasteiger partial charge in [-0.3, -0.25) is 10.2 Å². The molecular weight excluding hydrogens is 580 g/mol. The van der Waals surface area contributed by atoms with E-state index in [4.69, 9.17) is 43.9 Å². The molecule has 0 heterocycles. The summed E-state index contributed by atoms with van der Waals surface area (Å²) in [7, 11) is -4.60. The van der Waals surface area contributed by atoms with Crippen LogP contribution in [0.1, 0.15) is 12.0 Å². The van der Waals surface area contributed by atoms with Gasteiger partial charge in [0.2, 0.25) is 16.0 Å². The molecule has 11 nitrogen and oxygen atoms in total. The van der Waals surface area contributed by atoms with Crippen molar-refractivity contribution < 1.29 is 45.5 Å². The van der Waals surface area contributed by atoms with Gasteiger partial charge in [0, 0.05) is 6.42 Å². The van der Waals surface area contributed by atoms with Crippen molar-refractivity contribution in [1.29, 1.82) is 5.41 Å². The summed E-state index contributed by atoms with van der Waals surface area (Å²) in [6, 6.07) is 7.47. The van der Waals surface area contributed by atoms with Crippen LogP contribution in [0.2, 0.25) is 10.0 Å². The molecule has 0 aliphatic heterocycles. The molecule has 0 saturated carbocycles. The van der Waals surface area contributed by atoms with Crippen LogP contribution < -0.4 is 20.7 Å². The Morgan fingerprint density at radius 3 is 2.34 bits per heavy atom. The fraction of sp³-hybridized carbons (Fsp3) is 0.286. The molecule has 208 valence electrons. The van der Waals surface area contributed by atoms with E-state index in [1.54, 1.807) is 0 Å². The third-order valence-electron chi connectivity index (χ3n) is 4.42. The van der Waals surface area contributed by atoms with E-state index in [2.05, 4.69) is 10.2 Å². The van der Waals surface area contributed by atoms with E-state index in [0.717, 1.165) is 6.07 Å². The minimum Gasteiger partial charge on any atom is -0.494 e. The summed E-state index contributed by atoms with van der Waals surface area (Å²) in [4.78, 5) is 27.9. The first kappa shape index (κ1) is 31.1. The predicted molar refractivity (Wildman–Crippen MR) is 129 cm³/mol. The standard InChI is InChI=1S/C21H21Cl2F3N4O7S/c22-14-3-1-4-16(17(14)23)38(33,34)30-15(18(31)37-19(32)21(24,25)26)11-12-5-7-13(8-6-12)35-9-2-10-36-29-20(27)28/h1,3-8,15,30H,2,9-11H2,(H4,27,28,29)/t15-/m0/s1.